The molecule has 1 aliphatic rings. The molecule has 0 radical (unpaired) electrons. The van der Waals surface area contributed by atoms with E-state index in [9.17, 15) is 4.79 Å². The summed E-state index contributed by atoms with van der Waals surface area (Å²) in [6.45, 7) is 4.60. The first kappa shape index (κ1) is 19.2. The first-order valence-electron chi connectivity index (χ1n) is 10.1. The molecule has 2 aromatic heterocycles. The van der Waals surface area contributed by atoms with Crippen molar-refractivity contribution in [3.05, 3.63) is 59.4 Å². The molecule has 7 heteroatoms. The molecule has 1 aromatic carbocycles. The van der Waals surface area contributed by atoms with Gasteiger partial charge in [-0.05, 0) is 57.6 Å². The van der Waals surface area contributed by atoms with E-state index in [1.54, 1.807) is 12.4 Å². The second-order valence-electron chi connectivity index (χ2n) is 7.78. The molecule has 4 rings (SSSR count). The van der Waals surface area contributed by atoms with Crippen LogP contribution in [0.15, 0.2) is 41.1 Å². The van der Waals surface area contributed by atoms with Crippen LogP contribution in [-0.2, 0) is 0 Å². The third kappa shape index (κ3) is 4.67. The smallest absolute Gasteiger partial charge is 0.267 e. The van der Waals surface area contributed by atoms with Crippen LogP contribution >= 0.6 is 0 Å². The molecule has 1 saturated carbocycles. The van der Waals surface area contributed by atoms with Gasteiger partial charge in [0.25, 0.3) is 11.8 Å². The van der Waals surface area contributed by atoms with E-state index in [2.05, 4.69) is 25.5 Å². The van der Waals surface area contributed by atoms with Gasteiger partial charge in [-0.25, -0.2) is 4.98 Å². The Bertz CT molecular complexity index is 958. The van der Waals surface area contributed by atoms with Crippen LogP contribution in [0.1, 0.15) is 59.1 Å². The van der Waals surface area contributed by atoms with Crippen molar-refractivity contribution in [3.8, 4) is 11.6 Å². The topological polar surface area (TPSA) is 93.8 Å². The van der Waals surface area contributed by atoms with Gasteiger partial charge in [0.15, 0.2) is 0 Å². The van der Waals surface area contributed by atoms with Crippen molar-refractivity contribution in [1.82, 2.24) is 25.5 Å². The average molecular weight is 391 g/mol. The summed E-state index contributed by atoms with van der Waals surface area (Å²) < 4.78 is 5.86. The minimum atomic E-state index is -0.00660. The molecule has 0 atom stereocenters. The van der Waals surface area contributed by atoms with E-state index >= 15 is 0 Å². The number of aryl methyl sites for hydroxylation is 2. The maximum absolute atomic E-state index is 12.3. The zero-order valence-corrected chi connectivity index (χ0v) is 16.8. The van der Waals surface area contributed by atoms with E-state index < -0.39 is 0 Å². The third-order valence-electron chi connectivity index (χ3n) is 5.50. The Morgan fingerprint density at radius 3 is 2.48 bits per heavy atom. The van der Waals surface area contributed by atoms with Gasteiger partial charge in [-0.2, -0.15) is 0 Å². The molecule has 1 amide bonds. The van der Waals surface area contributed by atoms with Crippen LogP contribution in [-0.4, -0.2) is 32.6 Å². The van der Waals surface area contributed by atoms with E-state index in [1.807, 2.05) is 38.1 Å². The molecule has 7 nitrogen and oxygen atoms in total. The number of carbonyl (C=O) groups excluding carboxylic acids is 1. The molecule has 1 N–H and O–H groups in total. The van der Waals surface area contributed by atoms with E-state index in [0.717, 1.165) is 36.9 Å². The number of nitrogens with zero attached hydrogens (tertiary/aromatic N) is 4. The minimum absolute atomic E-state index is 0.00660. The second kappa shape index (κ2) is 8.51. The number of hydrogen-bond donors (Lipinski definition) is 1. The highest BCUT2D eigenvalue weighted by Gasteiger charge is 2.27. The highest BCUT2D eigenvalue weighted by molar-refractivity contribution is 5.94. The highest BCUT2D eigenvalue weighted by Crippen LogP contribution is 2.35. The summed E-state index contributed by atoms with van der Waals surface area (Å²) in [5, 5.41) is 11.4. The number of hydrogen-bond acceptors (Lipinski definition) is 6. The van der Waals surface area contributed by atoms with Crippen molar-refractivity contribution in [1.29, 1.82) is 0 Å². The summed E-state index contributed by atoms with van der Waals surface area (Å²) in [5.41, 5.74) is 3.31. The summed E-state index contributed by atoms with van der Waals surface area (Å²) in [7, 11) is 0. The fourth-order valence-electron chi connectivity index (χ4n) is 3.66. The Labute approximate surface area is 170 Å². The Kier molecular flexibility index (Phi) is 5.64. The molecule has 0 unspecified atom stereocenters. The lowest BCUT2D eigenvalue weighted by Gasteiger charge is -2.26. The van der Waals surface area contributed by atoms with Crippen molar-refractivity contribution < 1.29 is 9.21 Å². The molecular formula is C22H25N5O2. The lowest BCUT2D eigenvalue weighted by atomic mass is 9.82. The third-order valence-corrected chi connectivity index (χ3v) is 5.50. The lowest BCUT2D eigenvalue weighted by Crippen LogP contribution is -2.31. The summed E-state index contributed by atoms with van der Waals surface area (Å²) in [5.74, 6) is 1.82. The first-order chi connectivity index (χ1) is 14.1. The molecular weight excluding hydrogens is 366 g/mol. The van der Waals surface area contributed by atoms with Crippen LogP contribution in [0.4, 0.5) is 0 Å². The van der Waals surface area contributed by atoms with Crippen molar-refractivity contribution in [2.75, 3.05) is 6.54 Å². The van der Waals surface area contributed by atoms with Crippen molar-refractivity contribution in [2.45, 2.75) is 45.4 Å². The summed E-state index contributed by atoms with van der Waals surface area (Å²) in [6.07, 6.45) is 7.36. The van der Waals surface area contributed by atoms with Crippen molar-refractivity contribution >= 4 is 5.91 Å². The van der Waals surface area contributed by atoms with Gasteiger partial charge in [-0.1, -0.05) is 17.7 Å². The minimum Gasteiger partial charge on any atom is -0.419 e. The number of nitrogens with one attached hydrogen (secondary N) is 1. The molecule has 0 aliphatic heterocycles. The Balaban J connectivity index is 1.28. The predicted octanol–water partition coefficient (Wildman–Crippen LogP) is 3.85. The molecule has 2 heterocycles. The fourth-order valence-corrected chi connectivity index (χ4v) is 3.66. The van der Waals surface area contributed by atoms with Gasteiger partial charge in [0, 0.05) is 24.2 Å². The van der Waals surface area contributed by atoms with Gasteiger partial charge in [-0.3, -0.25) is 9.78 Å². The van der Waals surface area contributed by atoms with E-state index in [-0.39, 0.29) is 11.8 Å². The van der Waals surface area contributed by atoms with Gasteiger partial charge in [-0.15, -0.1) is 10.2 Å². The normalized spacial score (nSPS) is 19.1. The number of carbonyl (C=O) groups is 1. The second-order valence-corrected chi connectivity index (χ2v) is 7.78. The van der Waals surface area contributed by atoms with Crippen LogP contribution in [0.25, 0.3) is 11.6 Å². The maximum Gasteiger partial charge on any atom is 0.267 e. The van der Waals surface area contributed by atoms with Crippen molar-refractivity contribution in [2.24, 2.45) is 5.92 Å². The van der Waals surface area contributed by atoms with Gasteiger partial charge in [0.2, 0.25) is 5.89 Å². The van der Waals surface area contributed by atoms with Crippen LogP contribution < -0.4 is 5.32 Å². The number of benzene rings is 1. The SMILES string of the molecule is Cc1ccc(C(=O)NCC2CCC(c3nnc(-c4cnc(C)cn4)o3)CC2)cc1. The summed E-state index contributed by atoms with van der Waals surface area (Å²) in [4.78, 5) is 20.8. The van der Waals surface area contributed by atoms with E-state index in [1.165, 1.54) is 0 Å². The van der Waals surface area contributed by atoms with Gasteiger partial charge in [0.05, 0.1) is 11.9 Å². The zero-order valence-electron chi connectivity index (χ0n) is 16.8. The van der Waals surface area contributed by atoms with Gasteiger partial charge < -0.3 is 9.73 Å². The molecule has 0 saturated heterocycles. The Morgan fingerprint density at radius 2 is 1.79 bits per heavy atom. The number of rotatable bonds is 5. The first-order valence-corrected chi connectivity index (χ1v) is 10.1. The van der Waals surface area contributed by atoms with Gasteiger partial charge in [0.1, 0.15) is 5.69 Å². The molecule has 1 aliphatic carbocycles. The predicted molar refractivity (Wildman–Crippen MR) is 108 cm³/mol. The Morgan fingerprint density at radius 1 is 1.03 bits per heavy atom. The zero-order chi connectivity index (χ0) is 20.2. The molecule has 3 aromatic rings. The quantitative estimate of drug-likeness (QED) is 0.710. The molecule has 1 fully saturated rings. The molecule has 0 spiro atoms. The van der Waals surface area contributed by atoms with E-state index in [0.29, 0.717) is 35.5 Å². The highest BCUT2D eigenvalue weighted by atomic mass is 16.4. The van der Waals surface area contributed by atoms with Gasteiger partial charge >= 0.3 is 0 Å². The van der Waals surface area contributed by atoms with Crippen LogP contribution in [0.5, 0.6) is 0 Å². The molecule has 0 bridgehead atoms. The van der Waals surface area contributed by atoms with Crippen LogP contribution in [0.3, 0.4) is 0 Å². The largest absolute Gasteiger partial charge is 0.419 e. The lowest BCUT2D eigenvalue weighted by molar-refractivity contribution is 0.0942. The van der Waals surface area contributed by atoms with Crippen molar-refractivity contribution in [3.63, 3.8) is 0 Å². The van der Waals surface area contributed by atoms with Crippen LogP contribution in [0.2, 0.25) is 0 Å². The van der Waals surface area contributed by atoms with Crippen LogP contribution in [0, 0.1) is 19.8 Å². The van der Waals surface area contributed by atoms with E-state index in [4.69, 9.17) is 4.42 Å². The summed E-state index contributed by atoms with van der Waals surface area (Å²) >= 11 is 0. The summed E-state index contributed by atoms with van der Waals surface area (Å²) in [6, 6.07) is 7.65. The fraction of sp³-hybridized carbons (Fsp3) is 0.409. The Hall–Kier alpha value is -3.09. The maximum atomic E-state index is 12.3. The molecule has 150 valence electrons. The monoisotopic (exact) mass is 391 g/mol. The average Bonchev–Trinajstić information content (AvgIpc) is 3.24. The molecule has 29 heavy (non-hydrogen) atoms. The standard InChI is InChI=1S/C22H25N5O2/c1-14-3-7-17(8-4-14)20(28)25-12-16-5-9-18(10-6-16)21-26-27-22(29-21)19-13-23-15(2)11-24-19/h3-4,7-8,11,13,16,18H,5-6,9-10,12H2,1-2H3,(H,25,28). The number of aromatic nitrogens is 4. The number of amides is 1.